The van der Waals surface area contributed by atoms with Gasteiger partial charge in [0.15, 0.2) is 5.69 Å². The lowest BCUT2D eigenvalue weighted by Crippen LogP contribution is -2.26. The summed E-state index contributed by atoms with van der Waals surface area (Å²) in [6.45, 7) is 4.20. The normalized spacial score (nSPS) is 19.6. The van der Waals surface area contributed by atoms with Crippen LogP contribution in [0.5, 0.6) is 11.8 Å². The van der Waals surface area contributed by atoms with Gasteiger partial charge in [-0.1, -0.05) is 0 Å². The second kappa shape index (κ2) is 6.56. The van der Waals surface area contributed by atoms with E-state index >= 15 is 0 Å². The maximum atomic E-state index is 5.91. The molecule has 1 aromatic rings. The van der Waals surface area contributed by atoms with E-state index in [9.17, 15) is 0 Å². The molecule has 19 heavy (non-hydrogen) atoms. The van der Waals surface area contributed by atoms with Gasteiger partial charge in [0.05, 0.1) is 13.2 Å². The lowest BCUT2D eigenvalue weighted by molar-refractivity contribution is 0.228. The summed E-state index contributed by atoms with van der Waals surface area (Å²) in [5.74, 6) is 0.810. The summed E-state index contributed by atoms with van der Waals surface area (Å²) >= 11 is 0. The van der Waals surface area contributed by atoms with Crippen LogP contribution < -0.4 is 15.2 Å². The lowest BCUT2D eigenvalue weighted by atomic mass is 10.1. The molecule has 0 aromatic carbocycles. The molecular weight excluding hydrogens is 244 g/mol. The molecule has 1 aromatic heterocycles. The highest BCUT2D eigenvalue weighted by Crippen LogP contribution is 2.27. The van der Waals surface area contributed by atoms with Crippen molar-refractivity contribution >= 4 is 5.69 Å². The third-order valence-electron chi connectivity index (χ3n) is 3.45. The zero-order chi connectivity index (χ0) is 13.7. The number of aromatic nitrogens is 2. The van der Waals surface area contributed by atoms with Crippen LogP contribution in [-0.2, 0) is 0 Å². The van der Waals surface area contributed by atoms with Crippen molar-refractivity contribution in [3.63, 3.8) is 0 Å². The van der Waals surface area contributed by atoms with Crippen LogP contribution in [0.3, 0.4) is 0 Å². The fourth-order valence-corrected chi connectivity index (χ4v) is 2.37. The largest absolute Gasteiger partial charge is 0.476 e. The number of hydrogen-bond donors (Lipinski definition) is 1. The van der Waals surface area contributed by atoms with Gasteiger partial charge in [0.2, 0.25) is 11.8 Å². The predicted molar refractivity (Wildman–Crippen MR) is 73.4 cm³/mol. The van der Waals surface area contributed by atoms with Crippen LogP contribution >= 0.6 is 0 Å². The van der Waals surface area contributed by atoms with E-state index in [2.05, 4.69) is 21.9 Å². The van der Waals surface area contributed by atoms with Gasteiger partial charge in [0, 0.05) is 6.04 Å². The molecule has 0 amide bonds. The molecule has 0 saturated carbocycles. The molecule has 0 radical (unpaired) electrons. The average Bonchev–Trinajstić information content (AvgIpc) is 2.80. The SMILES string of the molecule is CCOc1ncnc(OCCC2CCCN2C)c1N. The molecule has 2 heterocycles. The monoisotopic (exact) mass is 266 g/mol. The lowest BCUT2D eigenvalue weighted by Gasteiger charge is -2.19. The van der Waals surface area contributed by atoms with Crippen molar-refractivity contribution in [3.05, 3.63) is 6.33 Å². The van der Waals surface area contributed by atoms with Crippen molar-refractivity contribution in [2.75, 3.05) is 32.5 Å². The summed E-state index contributed by atoms with van der Waals surface area (Å²) in [7, 11) is 2.16. The summed E-state index contributed by atoms with van der Waals surface area (Å²) in [6.07, 6.45) is 4.91. The standard InChI is InChI=1S/C13H22N4O2/c1-3-18-12-11(14)13(16-9-15-12)19-8-6-10-5-4-7-17(10)2/h9-10H,3-8,14H2,1-2H3. The third kappa shape index (κ3) is 3.47. The number of anilines is 1. The Morgan fingerprint density at radius 1 is 1.37 bits per heavy atom. The van der Waals surface area contributed by atoms with Crippen molar-refractivity contribution in [3.8, 4) is 11.8 Å². The molecular formula is C13H22N4O2. The zero-order valence-corrected chi connectivity index (χ0v) is 11.6. The first-order valence-corrected chi connectivity index (χ1v) is 6.78. The molecule has 1 aliphatic rings. The van der Waals surface area contributed by atoms with E-state index < -0.39 is 0 Å². The van der Waals surface area contributed by atoms with Gasteiger partial charge < -0.3 is 20.1 Å². The summed E-state index contributed by atoms with van der Waals surface area (Å²) in [5, 5.41) is 0. The number of rotatable bonds is 6. The molecule has 2 N–H and O–H groups in total. The Kier molecular flexibility index (Phi) is 4.79. The smallest absolute Gasteiger partial charge is 0.244 e. The molecule has 6 nitrogen and oxygen atoms in total. The van der Waals surface area contributed by atoms with E-state index in [0.717, 1.165) is 6.42 Å². The highest BCUT2D eigenvalue weighted by molar-refractivity contribution is 5.55. The van der Waals surface area contributed by atoms with E-state index in [1.54, 1.807) is 0 Å². The predicted octanol–water partition coefficient (Wildman–Crippen LogP) is 1.32. The van der Waals surface area contributed by atoms with E-state index in [4.69, 9.17) is 15.2 Å². The van der Waals surface area contributed by atoms with Gasteiger partial charge in [-0.3, -0.25) is 0 Å². The second-order valence-corrected chi connectivity index (χ2v) is 4.74. The summed E-state index contributed by atoms with van der Waals surface area (Å²) in [5.41, 5.74) is 6.28. The van der Waals surface area contributed by atoms with Gasteiger partial charge in [-0.05, 0) is 39.8 Å². The Balaban J connectivity index is 1.87. The first-order valence-electron chi connectivity index (χ1n) is 6.78. The van der Waals surface area contributed by atoms with E-state index in [-0.39, 0.29) is 0 Å². The van der Waals surface area contributed by atoms with Crippen LogP contribution in [0.2, 0.25) is 0 Å². The van der Waals surface area contributed by atoms with Gasteiger partial charge in [-0.25, -0.2) is 0 Å². The van der Waals surface area contributed by atoms with Gasteiger partial charge >= 0.3 is 0 Å². The van der Waals surface area contributed by atoms with E-state index in [0.29, 0.717) is 36.7 Å². The molecule has 0 spiro atoms. The Hall–Kier alpha value is -1.56. The Bertz CT molecular complexity index is 414. The van der Waals surface area contributed by atoms with Crippen molar-refractivity contribution < 1.29 is 9.47 Å². The first kappa shape index (κ1) is 13.9. The molecule has 2 rings (SSSR count). The molecule has 1 fully saturated rings. The maximum Gasteiger partial charge on any atom is 0.244 e. The van der Waals surface area contributed by atoms with E-state index in [1.165, 1.54) is 25.7 Å². The molecule has 1 unspecified atom stereocenters. The number of ether oxygens (including phenoxy) is 2. The Morgan fingerprint density at radius 2 is 2.11 bits per heavy atom. The molecule has 0 aliphatic carbocycles. The molecule has 0 bridgehead atoms. The highest BCUT2D eigenvalue weighted by atomic mass is 16.5. The van der Waals surface area contributed by atoms with Gasteiger partial charge in [-0.2, -0.15) is 9.97 Å². The van der Waals surface area contributed by atoms with Crippen molar-refractivity contribution in [2.45, 2.75) is 32.2 Å². The molecule has 106 valence electrons. The maximum absolute atomic E-state index is 5.91. The van der Waals surface area contributed by atoms with Crippen LogP contribution in [0.15, 0.2) is 6.33 Å². The third-order valence-corrected chi connectivity index (χ3v) is 3.45. The van der Waals surface area contributed by atoms with Crippen LogP contribution in [0, 0.1) is 0 Å². The fraction of sp³-hybridized carbons (Fsp3) is 0.692. The number of nitrogens with two attached hydrogens (primary N) is 1. The van der Waals surface area contributed by atoms with Crippen molar-refractivity contribution in [2.24, 2.45) is 0 Å². The first-order chi connectivity index (χ1) is 9.22. The van der Waals surface area contributed by atoms with Gasteiger partial charge in [-0.15, -0.1) is 0 Å². The number of hydrogen-bond acceptors (Lipinski definition) is 6. The summed E-state index contributed by atoms with van der Waals surface area (Å²) < 4.78 is 11.0. The summed E-state index contributed by atoms with van der Waals surface area (Å²) in [6, 6.07) is 0.606. The molecule has 1 aliphatic heterocycles. The van der Waals surface area contributed by atoms with Crippen LogP contribution in [0.25, 0.3) is 0 Å². The minimum absolute atomic E-state index is 0.379. The average molecular weight is 266 g/mol. The van der Waals surface area contributed by atoms with E-state index in [1.807, 2.05) is 6.92 Å². The minimum Gasteiger partial charge on any atom is -0.476 e. The van der Waals surface area contributed by atoms with Crippen LogP contribution in [0.4, 0.5) is 5.69 Å². The van der Waals surface area contributed by atoms with Crippen LogP contribution in [-0.4, -0.2) is 47.7 Å². The number of nitrogen functional groups attached to an aromatic ring is 1. The zero-order valence-electron chi connectivity index (χ0n) is 11.6. The Morgan fingerprint density at radius 3 is 2.74 bits per heavy atom. The quantitative estimate of drug-likeness (QED) is 0.837. The highest BCUT2D eigenvalue weighted by Gasteiger charge is 2.20. The van der Waals surface area contributed by atoms with Crippen LogP contribution in [0.1, 0.15) is 26.2 Å². The van der Waals surface area contributed by atoms with Gasteiger partial charge in [0.25, 0.3) is 0 Å². The number of likely N-dealkylation sites (tertiary alicyclic amines) is 1. The fourth-order valence-electron chi connectivity index (χ4n) is 2.37. The van der Waals surface area contributed by atoms with Crippen molar-refractivity contribution in [1.29, 1.82) is 0 Å². The Labute approximate surface area is 113 Å². The second-order valence-electron chi connectivity index (χ2n) is 4.74. The van der Waals surface area contributed by atoms with Crippen molar-refractivity contribution in [1.82, 2.24) is 14.9 Å². The minimum atomic E-state index is 0.379. The molecule has 6 heteroatoms. The molecule has 1 saturated heterocycles. The number of nitrogens with zero attached hydrogens (tertiary/aromatic N) is 3. The summed E-state index contributed by atoms with van der Waals surface area (Å²) in [4.78, 5) is 10.4. The topological polar surface area (TPSA) is 73.5 Å². The molecule has 1 atom stereocenters. The van der Waals surface area contributed by atoms with Gasteiger partial charge in [0.1, 0.15) is 6.33 Å².